The number of fused-ring (bicyclic) bond motifs is 1. The Kier molecular flexibility index (Phi) is 2.88. The van der Waals surface area contributed by atoms with Gasteiger partial charge in [0.1, 0.15) is 9.39 Å². The molecule has 6 heteroatoms. The van der Waals surface area contributed by atoms with Gasteiger partial charge in [-0.25, -0.2) is 4.52 Å². The first-order chi connectivity index (χ1) is 7.75. The third-order valence-corrected chi connectivity index (χ3v) is 4.92. The minimum absolute atomic E-state index is 0.964. The highest BCUT2D eigenvalue weighted by Crippen LogP contribution is 2.30. The van der Waals surface area contributed by atoms with Crippen LogP contribution in [-0.4, -0.2) is 14.8 Å². The summed E-state index contributed by atoms with van der Waals surface area (Å²) in [6.45, 7) is 0. The molecule has 3 nitrogen and oxygen atoms in total. The standard InChI is InChI=1S/C10H5I2N3S/c11-8-3-1-2-6-10(13-14-15(6)8)7-4-5-9(12)16-7/h1-5H. The molecule has 0 saturated carbocycles. The fourth-order valence-electron chi connectivity index (χ4n) is 1.50. The number of hydrogen-bond donors (Lipinski definition) is 0. The molecule has 0 saturated heterocycles. The molecule has 0 atom stereocenters. The fraction of sp³-hybridized carbons (Fsp3) is 0. The van der Waals surface area contributed by atoms with E-state index < -0.39 is 0 Å². The van der Waals surface area contributed by atoms with E-state index in [1.54, 1.807) is 11.3 Å². The Bertz CT molecular complexity index is 659. The molecule has 0 aliphatic heterocycles. The van der Waals surface area contributed by atoms with Crippen LogP contribution in [0.1, 0.15) is 0 Å². The molecular formula is C10H5I2N3S. The molecule has 0 bridgehead atoms. The second-order valence-electron chi connectivity index (χ2n) is 3.19. The average molecular weight is 453 g/mol. The molecule has 0 spiro atoms. The van der Waals surface area contributed by atoms with Gasteiger partial charge in [0, 0.05) is 0 Å². The van der Waals surface area contributed by atoms with Crippen molar-refractivity contribution >= 4 is 62.0 Å². The third kappa shape index (κ3) is 1.76. The van der Waals surface area contributed by atoms with Gasteiger partial charge < -0.3 is 0 Å². The van der Waals surface area contributed by atoms with Crippen LogP contribution in [0.25, 0.3) is 16.1 Å². The van der Waals surface area contributed by atoms with E-state index >= 15 is 0 Å². The van der Waals surface area contributed by atoms with E-state index in [2.05, 4.69) is 67.6 Å². The average Bonchev–Trinajstić information content (AvgIpc) is 2.84. The van der Waals surface area contributed by atoms with Gasteiger partial charge in [-0.15, -0.1) is 16.4 Å². The number of aromatic nitrogens is 3. The van der Waals surface area contributed by atoms with E-state index in [1.165, 1.54) is 7.76 Å². The predicted octanol–water partition coefficient (Wildman–Crippen LogP) is 3.67. The summed E-state index contributed by atoms with van der Waals surface area (Å²) in [5, 5.41) is 8.42. The van der Waals surface area contributed by atoms with Crippen LogP contribution in [0.15, 0.2) is 30.3 Å². The first kappa shape index (κ1) is 10.9. The van der Waals surface area contributed by atoms with Crippen LogP contribution >= 0.6 is 56.5 Å². The van der Waals surface area contributed by atoms with Gasteiger partial charge in [0.2, 0.25) is 0 Å². The number of halogens is 2. The molecule has 3 aromatic rings. The molecule has 3 heterocycles. The summed E-state index contributed by atoms with van der Waals surface area (Å²) in [4.78, 5) is 1.17. The second-order valence-corrected chi connectivity index (χ2v) is 7.27. The first-order valence-electron chi connectivity index (χ1n) is 4.51. The van der Waals surface area contributed by atoms with Gasteiger partial charge in [-0.3, -0.25) is 0 Å². The van der Waals surface area contributed by atoms with Crippen LogP contribution in [0.3, 0.4) is 0 Å². The zero-order valence-corrected chi connectivity index (χ0v) is 13.0. The zero-order chi connectivity index (χ0) is 11.1. The van der Waals surface area contributed by atoms with E-state index in [4.69, 9.17) is 0 Å². The van der Waals surface area contributed by atoms with Crippen LogP contribution in [-0.2, 0) is 0 Å². The molecule has 0 aliphatic rings. The van der Waals surface area contributed by atoms with Crippen LogP contribution in [0.2, 0.25) is 0 Å². The Labute approximate surface area is 123 Å². The molecule has 3 aromatic heterocycles. The Morgan fingerprint density at radius 2 is 2.00 bits per heavy atom. The van der Waals surface area contributed by atoms with Crippen molar-refractivity contribution in [3.05, 3.63) is 36.9 Å². The van der Waals surface area contributed by atoms with Crippen LogP contribution in [0, 0.1) is 6.58 Å². The lowest BCUT2D eigenvalue weighted by Gasteiger charge is -1.95. The highest BCUT2D eigenvalue weighted by Gasteiger charge is 2.11. The van der Waals surface area contributed by atoms with Gasteiger partial charge in [-0.05, 0) is 69.4 Å². The largest absolute Gasteiger partial charge is 0.207 e. The normalized spacial score (nSPS) is 11.1. The SMILES string of the molecule is Ic1ccc(-c2nnn3c(I)cccc23)s1. The van der Waals surface area contributed by atoms with Crippen molar-refractivity contribution < 1.29 is 0 Å². The van der Waals surface area contributed by atoms with E-state index in [1.807, 2.05) is 22.7 Å². The van der Waals surface area contributed by atoms with Crippen molar-refractivity contribution in [2.75, 3.05) is 0 Å². The van der Waals surface area contributed by atoms with E-state index in [0.29, 0.717) is 0 Å². The highest BCUT2D eigenvalue weighted by atomic mass is 127. The monoisotopic (exact) mass is 453 g/mol. The molecular weight excluding hydrogens is 448 g/mol. The summed E-state index contributed by atoms with van der Waals surface area (Å²) in [5.41, 5.74) is 2.02. The van der Waals surface area contributed by atoms with Crippen molar-refractivity contribution in [2.45, 2.75) is 0 Å². The van der Waals surface area contributed by atoms with Crippen LogP contribution in [0.4, 0.5) is 0 Å². The molecule has 0 aliphatic carbocycles. The van der Waals surface area contributed by atoms with Gasteiger partial charge in [-0.2, -0.15) is 0 Å². The summed E-state index contributed by atoms with van der Waals surface area (Å²) in [7, 11) is 0. The Morgan fingerprint density at radius 3 is 2.75 bits per heavy atom. The van der Waals surface area contributed by atoms with Gasteiger partial charge in [-0.1, -0.05) is 11.3 Å². The van der Waals surface area contributed by atoms with Crippen molar-refractivity contribution in [1.82, 2.24) is 14.8 Å². The second kappa shape index (κ2) is 4.22. The molecule has 3 rings (SSSR count). The van der Waals surface area contributed by atoms with E-state index in [0.717, 1.165) is 14.9 Å². The maximum atomic E-state index is 4.25. The highest BCUT2D eigenvalue weighted by molar-refractivity contribution is 14.1. The molecule has 0 unspecified atom stereocenters. The summed E-state index contributed by atoms with van der Waals surface area (Å²) in [5.74, 6) is 0. The summed E-state index contributed by atoms with van der Waals surface area (Å²) in [6, 6.07) is 10.3. The minimum Gasteiger partial charge on any atom is -0.207 e. The molecule has 0 fully saturated rings. The van der Waals surface area contributed by atoms with E-state index in [-0.39, 0.29) is 0 Å². The number of nitrogens with zero attached hydrogens (tertiary/aromatic N) is 3. The summed E-state index contributed by atoms with van der Waals surface area (Å²) in [6.07, 6.45) is 0. The fourth-order valence-corrected chi connectivity index (χ4v) is 3.68. The lowest BCUT2D eigenvalue weighted by atomic mass is 10.3. The van der Waals surface area contributed by atoms with Crippen molar-refractivity contribution in [3.63, 3.8) is 0 Å². The zero-order valence-electron chi connectivity index (χ0n) is 7.89. The maximum absolute atomic E-state index is 4.25. The number of hydrogen-bond acceptors (Lipinski definition) is 3. The number of thiophene rings is 1. The number of pyridine rings is 1. The molecule has 0 N–H and O–H groups in total. The molecule has 0 amide bonds. The lowest BCUT2D eigenvalue weighted by molar-refractivity contribution is 0.838. The Balaban J connectivity index is 2.29. The third-order valence-electron chi connectivity index (χ3n) is 2.20. The molecule has 80 valence electrons. The molecule has 16 heavy (non-hydrogen) atoms. The van der Waals surface area contributed by atoms with Gasteiger partial charge >= 0.3 is 0 Å². The van der Waals surface area contributed by atoms with Gasteiger partial charge in [0.05, 0.1) is 13.3 Å². The quantitative estimate of drug-likeness (QED) is 0.416. The smallest absolute Gasteiger partial charge is 0.130 e. The van der Waals surface area contributed by atoms with Crippen LogP contribution in [0.5, 0.6) is 0 Å². The summed E-state index contributed by atoms with van der Waals surface area (Å²) >= 11 is 6.31. The topological polar surface area (TPSA) is 30.2 Å². The first-order valence-corrected chi connectivity index (χ1v) is 7.49. The van der Waals surface area contributed by atoms with Gasteiger partial charge in [0.15, 0.2) is 0 Å². The van der Waals surface area contributed by atoms with Gasteiger partial charge in [0.25, 0.3) is 0 Å². The number of rotatable bonds is 1. The van der Waals surface area contributed by atoms with Crippen molar-refractivity contribution in [2.24, 2.45) is 0 Å². The van der Waals surface area contributed by atoms with Crippen molar-refractivity contribution in [1.29, 1.82) is 0 Å². The van der Waals surface area contributed by atoms with Crippen molar-refractivity contribution in [3.8, 4) is 10.6 Å². The maximum Gasteiger partial charge on any atom is 0.130 e. The summed E-state index contributed by atoms with van der Waals surface area (Å²) < 4.78 is 4.20. The predicted molar refractivity (Wildman–Crippen MR) is 81.7 cm³/mol. The molecule has 0 radical (unpaired) electrons. The lowest BCUT2D eigenvalue weighted by Crippen LogP contribution is -1.91. The molecule has 0 aromatic carbocycles. The van der Waals surface area contributed by atoms with E-state index in [9.17, 15) is 0 Å². The Morgan fingerprint density at radius 1 is 1.12 bits per heavy atom. The van der Waals surface area contributed by atoms with Crippen LogP contribution < -0.4 is 0 Å². The minimum atomic E-state index is 0.964. The Hall–Kier alpha value is -0.220.